The number of nitrogens with one attached hydrogen (secondary N) is 1. The predicted octanol–water partition coefficient (Wildman–Crippen LogP) is 2.24. The van der Waals surface area contributed by atoms with E-state index in [1.165, 1.54) is 12.8 Å². The average Bonchev–Trinajstić information content (AvgIpc) is 3.29. The number of aromatic nitrogens is 1. The first-order valence-electron chi connectivity index (χ1n) is 8.69. The molecule has 1 atom stereocenters. The van der Waals surface area contributed by atoms with Gasteiger partial charge in [-0.1, -0.05) is 6.92 Å². The minimum Gasteiger partial charge on any atom is -0.391 e. The Kier molecular flexibility index (Phi) is 4.85. The van der Waals surface area contributed by atoms with Gasteiger partial charge < -0.3 is 15.3 Å². The summed E-state index contributed by atoms with van der Waals surface area (Å²) in [7, 11) is 0. The minimum atomic E-state index is -0.266. The van der Waals surface area contributed by atoms with E-state index in [9.17, 15) is 9.90 Å². The van der Waals surface area contributed by atoms with Gasteiger partial charge in [0.2, 0.25) is 5.91 Å². The van der Waals surface area contributed by atoms with Gasteiger partial charge >= 0.3 is 0 Å². The quantitative estimate of drug-likeness (QED) is 0.844. The van der Waals surface area contributed by atoms with Crippen molar-refractivity contribution >= 4 is 11.7 Å². The number of pyridine rings is 1. The number of β-amino-alcohol motifs (C(OH)–C–C–N with tert-alkyl or cyclic N) is 1. The Morgan fingerprint density at radius 2 is 2.35 bits per heavy atom. The SMILES string of the molecule is CC1(CCC(=O)NCc2ccnc(N3CCCC(O)C3)c2)CC1. The van der Waals surface area contributed by atoms with E-state index < -0.39 is 0 Å². The van der Waals surface area contributed by atoms with Gasteiger partial charge in [0, 0.05) is 32.3 Å². The van der Waals surface area contributed by atoms with Crippen molar-refractivity contribution in [1.29, 1.82) is 0 Å². The Bertz CT molecular complexity index is 557. The van der Waals surface area contributed by atoms with Gasteiger partial charge in [-0.25, -0.2) is 4.98 Å². The van der Waals surface area contributed by atoms with Crippen LogP contribution in [-0.2, 0) is 11.3 Å². The van der Waals surface area contributed by atoms with E-state index in [0.29, 0.717) is 24.9 Å². The Balaban J connectivity index is 1.50. The molecule has 0 spiro atoms. The van der Waals surface area contributed by atoms with Crippen molar-refractivity contribution in [3.05, 3.63) is 23.9 Å². The van der Waals surface area contributed by atoms with Crippen molar-refractivity contribution in [3.63, 3.8) is 0 Å². The fourth-order valence-corrected chi connectivity index (χ4v) is 3.07. The highest BCUT2D eigenvalue weighted by Gasteiger charge is 2.36. The summed E-state index contributed by atoms with van der Waals surface area (Å²) in [5.41, 5.74) is 1.48. The summed E-state index contributed by atoms with van der Waals surface area (Å²) >= 11 is 0. The lowest BCUT2D eigenvalue weighted by molar-refractivity contribution is -0.121. The molecule has 1 aromatic heterocycles. The fraction of sp³-hybridized carbons (Fsp3) is 0.667. The maximum atomic E-state index is 12.0. The summed E-state index contributed by atoms with van der Waals surface area (Å²) in [6.45, 7) is 4.36. The first-order chi connectivity index (χ1) is 11.0. The molecule has 5 heteroatoms. The molecule has 2 N–H and O–H groups in total. The van der Waals surface area contributed by atoms with Crippen LogP contribution in [0.3, 0.4) is 0 Å². The monoisotopic (exact) mass is 317 g/mol. The number of rotatable bonds is 6. The molecule has 1 amide bonds. The van der Waals surface area contributed by atoms with Gasteiger partial charge in [0.15, 0.2) is 0 Å². The third kappa shape index (κ3) is 4.67. The van der Waals surface area contributed by atoms with Crippen molar-refractivity contribution < 1.29 is 9.90 Å². The lowest BCUT2D eigenvalue weighted by atomic mass is 10.0. The molecule has 2 heterocycles. The van der Waals surface area contributed by atoms with E-state index in [4.69, 9.17) is 0 Å². The molecule has 1 unspecified atom stereocenters. The molecule has 0 radical (unpaired) electrons. The van der Waals surface area contributed by atoms with Gasteiger partial charge in [-0.15, -0.1) is 0 Å². The number of carbonyl (C=O) groups is 1. The Labute approximate surface area is 138 Å². The molecule has 1 aliphatic heterocycles. The number of carbonyl (C=O) groups excluding carboxylic acids is 1. The van der Waals surface area contributed by atoms with E-state index >= 15 is 0 Å². The van der Waals surface area contributed by atoms with Crippen molar-refractivity contribution in [2.75, 3.05) is 18.0 Å². The van der Waals surface area contributed by atoms with Gasteiger partial charge in [-0.05, 0) is 55.2 Å². The molecule has 2 aliphatic rings. The zero-order chi connectivity index (χ0) is 16.3. The summed E-state index contributed by atoms with van der Waals surface area (Å²) in [6.07, 6.45) is 7.50. The van der Waals surface area contributed by atoms with Crippen LogP contribution >= 0.6 is 0 Å². The minimum absolute atomic E-state index is 0.130. The highest BCUT2D eigenvalue weighted by atomic mass is 16.3. The molecule has 1 saturated carbocycles. The summed E-state index contributed by atoms with van der Waals surface area (Å²) in [5, 5.41) is 12.8. The zero-order valence-electron chi connectivity index (χ0n) is 13.9. The normalized spacial score (nSPS) is 22.7. The van der Waals surface area contributed by atoms with E-state index in [1.807, 2.05) is 12.1 Å². The van der Waals surface area contributed by atoms with E-state index in [-0.39, 0.29) is 12.0 Å². The number of amides is 1. The first-order valence-corrected chi connectivity index (χ1v) is 8.69. The van der Waals surface area contributed by atoms with Crippen LogP contribution in [0.15, 0.2) is 18.3 Å². The molecule has 1 saturated heterocycles. The second-order valence-corrected chi connectivity index (χ2v) is 7.35. The van der Waals surface area contributed by atoms with E-state index in [0.717, 1.165) is 37.2 Å². The number of piperidine rings is 1. The number of aliphatic hydroxyl groups excluding tert-OH is 1. The second-order valence-electron chi connectivity index (χ2n) is 7.35. The maximum Gasteiger partial charge on any atom is 0.220 e. The van der Waals surface area contributed by atoms with Crippen LogP contribution in [0.25, 0.3) is 0 Å². The topological polar surface area (TPSA) is 65.5 Å². The number of hydrogen-bond donors (Lipinski definition) is 2. The molecule has 1 aromatic rings. The number of hydrogen-bond acceptors (Lipinski definition) is 4. The van der Waals surface area contributed by atoms with Gasteiger partial charge in [-0.3, -0.25) is 4.79 Å². The third-order valence-electron chi connectivity index (χ3n) is 5.08. The predicted molar refractivity (Wildman–Crippen MR) is 90.1 cm³/mol. The smallest absolute Gasteiger partial charge is 0.220 e. The summed E-state index contributed by atoms with van der Waals surface area (Å²) in [4.78, 5) is 18.5. The Morgan fingerprint density at radius 3 is 3.09 bits per heavy atom. The van der Waals surface area contributed by atoms with Crippen LogP contribution in [0.2, 0.25) is 0 Å². The first kappa shape index (κ1) is 16.2. The van der Waals surface area contributed by atoms with Gasteiger partial charge in [-0.2, -0.15) is 0 Å². The van der Waals surface area contributed by atoms with Gasteiger partial charge in [0.25, 0.3) is 0 Å². The van der Waals surface area contributed by atoms with Crippen molar-refractivity contribution in [3.8, 4) is 0 Å². The molecule has 2 fully saturated rings. The average molecular weight is 317 g/mol. The highest BCUT2D eigenvalue weighted by Crippen LogP contribution is 2.48. The third-order valence-corrected chi connectivity index (χ3v) is 5.08. The van der Waals surface area contributed by atoms with Crippen molar-refractivity contribution in [2.24, 2.45) is 5.41 Å². The van der Waals surface area contributed by atoms with Crippen LogP contribution in [0.4, 0.5) is 5.82 Å². The fourth-order valence-electron chi connectivity index (χ4n) is 3.07. The molecule has 23 heavy (non-hydrogen) atoms. The Hall–Kier alpha value is -1.62. The highest BCUT2D eigenvalue weighted by molar-refractivity contribution is 5.76. The largest absolute Gasteiger partial charge is 0.391 e. The van der Waals surface area contributed by atoms with Crippen LogP contribution in [-0.4, -0.2) is 35.2 Å². The van der Waals surface area contributed by atoms with Gasteiger partial charge in [0.05, 0.1) is 6.10 Å². The van der Waals surface area contributed by atoms with Crippen LogP contribution in [0.5, 0.6) is 0 Å². The number of anilines is 1. The molecule has 0 aromatic carbocycles. The zero-order valence-corrected chi connectivity index (χ0v) is 13.9. The maximum absolute atomic E-state index is 12.0. The van der Waals surface area contributed by atoms with Crippen LogP contribution in [0.1, 0.15) is 51.0 Å². The van der Waals surface area contributed by atoms with Crippen molar-refractivity contribution in [2.45, 2.75) is 58.1 Å². The molecule has 5 nitrogen and oxygen atoms in total. The molecular weight excluding hydrogens is 290 g/mol. The molecule has 126 valence electrons. The number of nitrogens with zero attached hydrogens (tertiary/aromatic N) is 2. The Morgan fingerprint density at radius 1 is 1.52 bits per heavy atom. The molecule has 1 aliphatic carbocycles. The lowest BCUT2D eigenvalue weighted by Gasteiger charge is -2.31. The molecular formula is C18H27N3O2. The van der Waals surface area contributed by atoms with E-state index in [1.54, 1.807) is 6.20 Å². The van der Waals surface area contributed by atoms with E-state index in [2.05, 4.69) is 22.1 Å². The van der Waals surface area contributed by atoms with Crippen LogP contribution < -0.4 is 10.2 Å². The lowest BCUT2D eigenvalue weighted by Crippen LogP contribution is -2.38. The standard InChI is InChI=1S/C18H27N3O2/c1-18(7-8-18)6-4-17(23)20-12-14-5-9-19-16(11-14)21-10-2-3-15(22)13-21/h5,9,11,15,22H,2-4,6-8,10,12-13H2,1H3,(H,20,23). The summed E-state index contributed by atoms with van der Waals surface area (Å²) in [5.74, 6) is 1.02. The molecule has 0 bridgehead atoms. The van der Waals surface area contributed by atoms with Crippen molar-refractivity contribution in [1.82, 2.24) is 10.3 Å². The van der Waals surface area contributed by atoms with Crippen LogP contribution in [0, 0.1) is 5.41 Å². The van der Waals surface area contributed by atoms with Gasteiger partial charge in [0.1, 0.15) is 5.82 Å². The number of aliphatic hydroxyl groups is 1. The summed E-state index contributed by atoms with van der Waals surface area (Å²) in [6, 6.07) is 3.95. The second kappa shape index (κ2) is 6.87. The molecule has 3 rings (SSSR count). The summed E-state index contributed by atoms with van der Waals surface area (Å²) < 4.78 is 0.